The molecule has 1 amide bonds. The second-order valence-electron chi connectivity index (χ2n) is 5.58. The van der Waals surface area contributed by atoms with Gasteiger partial charge in [-0.2, -0.15) is 0 Å². The Labute approximate surface area is 130 Å². The molecule has 1 atom stereocenters. The van der Waals surface area contributed by atoms with Crippen molar-refractivity contribution in [1.29, 1.82) is 0 Å². The van der Waals surface area contributed by atoms with Gasteiger partial charge < -0.3 is 5.32 Å². The number of fused-ring (bicyclic) bond motifs is 1. The van der Waals surface area contributed by atoms with E-state index in [0.717, 1.165) is 10.8 Å². The van der Waals surface area contributed by atoms with Gasteiger partial charge in [0.1, 0.15) is 0 Å². The molecule has 0 spiro atoms. The summed E-state index contributed by atoms with van der Waals surface area (Å²) in [6, 6.07) is 24.1. The van der Waals surface area contributed by atoms with Crippen molar-refractivity contribution in [2.45, 2.75) is 12.8 Å². The van der Waals surface area contributed by atoms with Crippen LogP contribution in [0.4, 0.5) is 0 Å². The van der Waals surface area contributed by atoms with E-state index in [9.17, 15) is 4.79 Å². The van der Waals surface area contributed by atoms with E-state index in [1.807, 2.05) is 54.6 Å². The Bertz CT molecular complexity index is 780. The molecule has 3 rings (SSSR count). The van der Waals surface area contributed by atoms with Crippen LogP contribution < -0.4 is 5.32 Å². The molecule has 0 heterocycles. The van der Waals surface area contributed by atoms with Crippen LogP contribution in [0.15, 0.2) is 72.8 Å². The van der Waals surface area contributed by atoms with E-state index in [-0.39, 0.29) is 5.91 Å². The third-order valence-corrected chi connectivity index (χ3v) is 3.95. The quantitative estimate of drug-likeness (QED) is 0.759. The van der Waals surface area contributed by atoms with Crippen molar-refractivity contribution in [1.82, 2.24) is 5.32 Å². The summed E-state index contributed by atoms with van der Waals surface area (Å²) in [6.07, 6.45) is 0. The molecule has 0 aromatic heterocycles. The highest BCUT2D eigenvalue weighted by molar-refractivity contribution is 5.98. The van der Waals surface area contributed by atoms with E-state index in [1.54, 1.807) is 0 Å². The number of hydrogen-bond donors (Lipinski definition) is 1. The second-order valence-corrected chi connectivity index (χ2v) is 5.58. The third kappa shape index (κ3) is 3.17. The van der Waals surface area contributed by atoms with Crippen LogP contribution >= 0.6 is 0 Å². The molecule has 0 bridgehead atoms. The number of nitrogens with one attached hydrogen (secondary N) is 1. The van der Waals surface area contributed by atoms with Crippen LogP contribution in [-0.2, 0) is 0 Å². The van der Waals surface area contributed by atoms with Crippen molar-refractivity contribution in [3.05, 3.63) is 83.9 Å². The van der Waals surface area contributed by atoms with E-state index >= 15 is 0 Å². The summed E-state index contributed by atoms with van der Waals surface area (Å²) >= 11 is 0. The molecule has 0 saturated carbocycles. The van der Waals surface area contributed by atoms with Gasteiger partial charge in [-0.05, 0) is 34.4 Å². The molecule has 2 nitrogen and oxygen atoms in total. The van der Waals surface area contributed by atoms with Gasteiger partial charge >= 0.3 is 0 Å². The smallest absolute Gasteiger partial charge is 0.251 e. The molecule has 0 radical (unpaired) electrons. The monoisotopic (exact) mass is 289 g/mol. The summed E-state index contributed by atoms with van der Waals surface area (Å²) < 4.78 is 0. The normalized spacial score (nSPS) is 12.0. The first-order chi connectivity index (χ1) is 10.7. The zero-order valence-corrected chi connectivity index (χ0v) is 12.6. The summed E-state index contributed by atoms with van der Waals surface area (Å²) in [7, 11) is 0. The van der Waals surface area contributed by atoms with Gasteiger partial charge in [0.25, 0.3) is 5.91 Å². The van der Waals surface area contributed by atoms with Crippen molar-refractivity contribution in [3.8, 4) is 0 Å². The molecule has 0 unspecified atom stereocenters. The third-order valence-electron chi connectivity index (χ3n) is 3.95. The second kappa shape index (κ2) is 6.44. The first-order valence-corrected chi connectivity index (χ1v) is 7.56. The van der Waals surface area contributed by atoms with E-state index < -0.39 is 0 Å². The van der Waals surface area contributed by atoms with Crippen LogP contribution in [0, 0.1) is 0 Å². The Morgan fingerprint density at radius 2 is 1.59 bits per heavy atom. The summed E-state index contributed by atoms with van der Waals surface area (Å²) in [5.41, 5.74) is 1.94. The van der Waals surface area contributed by atoms with Crippen molar-refractivity contribution >= 4 is 16.7 Å². The molecule has 0 aliphatic carbocycles. The van der Waals surface area contributed by atoms with Crippen LogP contribution in [0.3, 0.4) is 0 Å². The lowest BCUT2D eigenvalue weighted by molar-refractivity contribution is 0.0952. The molecule has 0 saturated heterocycles. The van der Waals surface area contributed by atoms with Gasteiger partial charge in [0.2, 0.25) is 0 Å². The van der Waals surface area contributed by atoms with Gasteiger partial charge in [0.15, 0.2) is 0 Å². The fourth-order valence-corrected chi connectivity index (χ4v) is 2.58. The van der Waals surface area contributed by atoms with E-state index in [2.05, 4.69) is 30.4 Å². The van der Waals surface area contributed by atoms with Crippen LogP contribution in [-0.4, -0.2) is 12.5 Å². The van der Waals surface area contributed by atoms with E-state index in [1.165, 1.54) is 5.56 Å². The number of carbonyl (C=O) groups excluding carboxylic acids is 1. The maximum Gasteiger partial charge on any atom is 0.251 e. The number of hydrogen-bond acceptors (Lipinski definition) is 1. The summed E-state index contributed by atoms with van der Waals surface area (Å²) in [6.45, 7) is 2.76. The van der Waals surface area contributed by atoms with Gasteiger partial charge in [-0.3, -0.25) is 4.79 Å². The van der Waals surface area contributed by atoms with Gasteiger partial charge in [-0.25, -0.2) is 0 Å². The highest BCUT2D eigenvalue weighted by Gasteiger charge is 2.09. The molecular formula is C20H19NO. The fraction of sp³-hybridized carbons (Fsp3) is 0.150. The highest BCUT2D eigenvalue weighted by Crippen LogP contribution is 2.16. The number of rotatable bonds is 4. The molecule has 110 valence electrons. The van der Waals surface area contributed by atoms with Crippen LogP contribution in [0.2, 0.25) is 0 Å². The van der Waals surface area contributed by atoms with Gasteiger partial charge in [-0.1, -0.05) is 67.6 Å². The van der Waals surface area contributed by atoms with Gasteiger partial charge in [0.05, 0.1) is 0 Å². The summed E-state index contributed by atoms with van der Waals surface area (Å²) in [5, 5.41) is 5.26. The molecule has 1 N–H and O–H groups in total. The average molecular weight is 289 g/mol. The van der Waals surface area contributed by atoms with Crippen molar-refractivity contribution < 1.29 is 4.79 Å². The zero-order chi connectivity index (χ0) is 15.4. The minimum absolute atomic E-state index is 0.0199. The predicted molar refractivity (Wildman–Crippen MR) is 91.1 cm³/mol. The molecule has 0 aliphatic rings. The summed E-state index contributed by atoms with van der Waals surface area (Å²) in [5.74, 6) is 0.277. The Morgan fingerprint density at radius 3 is 2.36 bits per heavy atom. The molecule has 22 heavy (non-hydrogen) atoms. The van der Waals surface area contributed by atoms with Gasteiger partial charge in [-0.15, -0.1) is 0 Å². The molecule has 3 aromatic carbocycles. The largest absolute Gasteiger partial charge is 0.351 e. The first kappa shape index (κ1) is 14.3. The molecule has 3 aromatic rings. The topological polar surface area (TPSA) is 29.1 Å². The molecule has 0 fully saturated rings. The molecule has 0 aliphatic heterocycles. The lowest BCUT2D eigenvalue weighted by Gasteiger charge is -2.13. The van der Waals surface area contributed by atoms with Crippen LogP contribution in [0.1, 0.15) is 28.8 Å². The Balaban J connectivity index is 1.68. The number of benzene rings is 3. The maximum atomic E-state index is 12.3. The number of amides is 1. The minimum atomic E-state index is -0.0199. The Morgan fingerprint density at radius 1 is 0.909 bits per heavy atom. The van der Waals surface area contributed by atoms with Crippen LogP contribution in [0.5, 0.6) is 0 Å². The molecule has 2 heteroatoms. The van der Waals surface area contributed by atoms with Crippen molar-refractivity contribution in [3.63, 3.8) is 0 Å². The van der Waals surface area contributed by atoms with E-state index in [0.29, 0.717) is 18.0 Å². The first-order valence-electron chi connectivity index (χ1n) is 7.56. The standard InChI is InChI=1S/C20H19NO/c1-15(16-7-3-2-4-8-16)14-21-20(22)19-12-11-17-9-5-6-10-18(17)13-19/h2-13,15H,14H2,1H3,(H,21,22)/t15-/m0/s1. The van der Waals surface area contributed by atoms with Crippen LogP contribution in [0.25, 0.3) is 10.8 Å². The number of carbonyl (C=O) groups is 1. The SMILES string of the molecule is C[C@@H](CNC(=O)c1ccc2ccccc2c1)c1ccccc1. The van der Waals surface area contributed by atoms with Gasteiger partial charge in [0, 0.05) is 12.1 Å². The predicted octanol–water partition coefficient (Wildman–Crippen LogP) is 4.37. The van der Waals surface area contributed by atoms with Crippen molar-refractivity contribution in [2.75, 3.05) is 6.54 Å². The maximum absolute atomic E-state index is 12.3. The highest BCUT2D eigenvalue weighted by atomic mass is 16.1. The molecular weight excluding hydrogens is 270 g/mol. The summed E-state index contributed by atoms with van der Waals surface area (Å²) in [4.78, 5) is 12.3. The zero-order valence-electron chi connectivity index (χ0n) is 12.6. The lowest BCUT2D eigenvalue weighted by atomic mass is 10.0. The van der Waals surface area contributed by atoms with E-state index in [4.69, 9.17) is 0 Å². The minimum Gasteiger partial charge on any atom is -0.351 e. The Hall–Kier alpha value is -2.61. The van der Waals surface area contributed by atoms with Crippen molar-refractivity contribution in [2.24, 2.45) is 0 Å². The average Bonchev–Trinajstić information content (AvgIpc) is 2.59. The lowest BCUT2D eigenvalue weighted by Crippen LogP contribution is -2.27. The fourth-order valence-electron chi connectivity index (χ4n) is 2.58. The Kier molecular flexibility index (Phi) is 4.19.